The third-order valence-electron chi connectivity index (χ3n) is 5.42. The summed E-state index contributed by atoms with van der Waals surface area (Å²) in [4.78, 5) is 32.1. The summed E-state index contributed by atoms with van der Waals surface area (Å²) < 4.78 is 8.57. The fraction of sp³-hybridized carbons (Fsp3) is 0.381. The second-order valence-corrected chi connectivity index (χ2v) is 7.60. The first kappa shape index (κ1) is 19.7. The second kappa shape index (κ2) is 8.39. The van der Waals surface area contributed by atoms with Gasteiger partial charge in [0.05, 0.1) is 31.1 Å². The lowest BCUT2D eigenvalue weighted by Crippen LogP contribution is -2.33. The number of methoxy groups -OCH3 is 1. The number of nitrogens with zero attached hydrogens (tertiary/aromatic N) is 4. The van der Waals surface area contributed by atoms with Crippen molar-refractivity contribution in [1.82, 2.24) is 19.0 Å². The number of carbonyl (C=O) groups excluding carboxylic acids is 1. The van der Waals surface area contributed by atoms with Crippen LogP contribution < -0.4 is 5.69 Å². The van der Waals surface area contributed by atoms with Crippen LogP contribution in [0.3, 0.4) is 0 Å². The Kier molecular flexibility index (Phi) is 5.69. The molecule has 3 heterocycles. The van der Waals surface area contributed by atoms with Crippen molar-refractivity contribution in [3.05, 3.63) is 63.7 Å². The Hall–Kier alpha value is -2.64. The van der Waals surface area contributed by atoms with Gasteiger partial charge in [0, 0.05) is 31.4 Å². The van der Waals surface area contributed by atoms with Crippen molar-refractivity contribution in [2.45, 2.75) is 25.4 Å². The topological polar surface area (TPSA) is 69.4 Å². The molecule has 1 saturated heterocycles. The minimum Gasteiger partial charge on any atom is -0.383 e. The third kappa shape index (κ3) is 3.80. The van der Waals surface area contributed by atoms with E-state index in [9.17, 15) is 9.59 Å². The molecule has 3 aromatic rings. The van der Waals surface area contributed by atoms with Crippen LogP contribution in [-0.2, 0) is 22.5 Å². The zero-order chi connectivity index (χ0) is 20.4. The number of halogens is 1. The van der Waals surface area contributed by atoms with E-state index in [1.165, 1.54) is 0 Å². The van der Waals surface area contributed by atoms with Crippen LogP contribution >= 0.6 is 11.6 Å². The van der Waals surface area contributed by atoms with Gasteiger partial charge < -0.3 is 9.64 Å². The van der Waals surface area contributed by atoms with Crippen LogP contribution in [0.25, 0.3) is 11.2 Å². The Morgan fingerprint density at radius 1 is 1.28 bits per heavy atom. The number of hydrogen-bond donors (Lipinski definition) is 0. The zero-order valence-corrected chi connectivity index (χ0v) is 17.0. The molecule has 0 aliphatic carbocycles. The smallest absolute Gasteiger partial charge is 0.330 e. The number of benzene rings is 1. The number of likely N-dealkylation sites (tertiary alicyclic amines) is 1. The van der Waals surface area contributed by atoms with Gasteiger partial charge in [-0.05, 0) is 30.2 Å². The number of carbonyl (C=O) groups is 1. The van der Waals surface area contributed by atoms with E-state index in [1.807, 2.05) is 35.2 Å². The molecule has 2 aromatic heterocycles. The Morgan fingerprint density at radius 2 is 2.10 bits per heavy atom. The van der Waals surface area contributed by atoms with Gasteiger partial charge in [-0.2, -0.15) is 0 Å². The van der Waals surface area contributed by atoms with Crippen molar-refractivity contribution in [2.24, 2.45) is 0 Å². The zero-order valence-electron chi connectivity index (χ0n) is 16.3. The maximum Gasteiger partial charge on any atom is 0.330 e. The van der Waals surface area contributed by atoms with Crippen LogP contribution in [0.4, 0.5) is 0 Å². The van der Waals surface area contributed by atoms with Crippen molar-refractivity contribution in [1.29, 1.82) is 0 Å². The maximum absolute atomic E-state index is 13.1. The van der Waals surface area contributed by atoms with Gasteiger partial charge in [-0.25, -0.2) is 9.78 Å². The fourth-order valence-electron chi connectivity index (χ4n) is 3.93. The summed E-state index contributed by atoms with van der Waals surface area (Å²) in [7, 11) is 1.61. The molecular weight excluding hydrogens is 392 g/mol. The molecule has 0 saturated carbocycles. The van der Waals surface area contributed by atoms with Crippen molar-refractivity contribution < 1.29 is 9.53 Å². The predicted octanol–water partition coefficient (Wildman–Crippen LogP) is 2.51. The Morgan fingerprint density at radius 3 is 2.90 bits per heavy atom. The van der Waals surface area contributed by atoms with Gasteiger partial charge in [-0.1, -0.05) is 29.8 Å². The monoisotopic (exact) mass is 414 g/mol. The average molecular weight is 415 g/mol. The van der Waals surface area contributed by atoms with E-state index in [0.717, 1.165) is 11.1 Å². The van der Waals surface area contributed by atoms with Crippen LogP contribution in [0.15, 0.2) is 47.4 Å². The van der Waals surface area contributed by atoms with E-state index in [0.29, 0.717) is 43.3 Å². The highest BCUT2D eigenvalue weighted by molar-refractivity contribution is 6.31. The number of imidazole rings is 1. The van der Waals surface area contributed by atoms with Crippen molar-refractivity contribution in [2.75, 3.05) is 26.8 Å². The molecule has 1 aliphatic rings. The summed E-state index contributed by atoms with van der Waals surface area (Å²) in [5, 5.41) is 0.596. The minimum absolute atomic E-state index is 0.0183. The largest absolute Gasteiger partial charge is 0.383 e. The first-order valence-corrected chi connectivity index (χ1v) is 10.0. The highest BCUT2D eigenvalue weighted by atomic mass is 35.5. The summed E-state index contributed by atoms with van der Waals surface area (Å²) in [5.74, 6) is 0.0183. The predicted molar refractivity (Wildman–Crippen MR) is 111 cm³/mol. The molecule has 0 radical (unpaired) electrons. The molecule has 0 N–H and O–H groups in total. The molecule has 8 heteroatoms. The Labute approximate surface area is 173 Å². The SMILES string of the molecule is COCCn1c(=O)n([C@@H]2CCN(C(=O)Cc3ccccc3Cl)C2)c2ncccc21. The van der Waals surface area contributed by atoms with Gasteiger partial charge in [0.15, 0.2) is 5.65 Å². The molecular formula is C21H23ClN4O3. The summed E-state index contributed by atoms with van der Waals surface area (Å²) in [5.41, 5.74) is 2.15. The summed E-state index contributed by atoms with van der Waals surface area (Å²) >= 11 is 6.19. The number of amides is 1. The minimum atomic E-state index is -0.110. The number of rotatable bonds is 6. The normalized spacial score (nSPS) is 16.6. The van der Waals surface area contributed by atoms with E-state index in [4.69, 9.17) is 16.3 Å². The van der Waals surface area contributed by atoms with E-state index >= 15 is 0 Å². The summed E-state index contributed by atoms with van der Waals surface area (Å²) in [6, 6.07) is 11.0. The number of aromatic nitrogens is 3. The van der Waals surface area contributed by atoms with Crippen molar-refractivity contribution >= 4 is 28.7 Å². The third-order valence-corrected chi connectivity index (χ3v) is 5.79. The standard InChI is InChI=1S/C21H23ClN4O3/c1-29-12-11-25-18-7-4-9-23-20(18)26(21(25)28)16-8-10-24(14-16)19(27)13-15-5-2-3-6-17(15)22/h2-7,9,16H,8,10-14H2,1H3/t16-/m1/s1. The van der Waals surface area contributed by atoms with Crippen molar-refractivity contribution in [3.63, 3.8) is 0 Å². The van der Waals surface area contributed by atoms with Gasteiger partial charge in [0.25, 0.3) is 0 Å². The molecule has 152 valence electrons. The maximum atomic E-state index is 13.1. The number of pyridine rings is 1. The first-order valence-electron chi connectivity index (χ1n) is 9.66. The molecule has 1 aliphatic heterocycles. The molecule has 0 bridgehead atoms. The fourth-order valence-corrected chi connectivity index (χ4v) is 4.13. The lowest BCUT2D eigenvalue weighted by molar-refractivity contribution is -0.129. The number of ether oxygens (including phenoxy) is 1. The number of fused-ring (bicyclic) bond motifs is 1. The molecule has 7 nitrogen and oxygen atoms in total. The quantitative estimate of drug-likeness (QED) is 0.621. The lowest BCUT2D eigenvalue weighted by Gasteiger charge is -2.17. The molecule has 1 fully saturated rings. The van der Waals surface area contributed by atoms with Gasteiger partial charge in [0.2, 0.25) is 5.91 Å². The van der Waals surface area contributed by atoms with Gasteiger partial charge in [0.1, 0.15) is 0 Å². The Bertz CT molecular complexity index is 1090. The van der Waals surface area contributed by atoms with Crippen LogP contribution in [0.5, 0.6) is 0 Å². The first-order chi connectivity index (χ1) is 14.1. The molecule has 1 atom stereocenters. The molecule has 0 spiro atoms. The molecule has 29 heavy (non-hydrogen) atoms. The molecule has 4 rings (SSSR count). The molecule has 1 amide bonds. The van der Waals surface area contributed by atoms with Crippen LogP contribution in [0, 0.1) is 0 Å². The highest BCUT2D eigenvalue weighted by Crippen LogP contribution is 2.25. The van der Waals surface area contributed by atoms with Gasteiger partial charge in [-0.3, -0.25) is 13.9 Å². The van der Waals surface area contributed by atoms with Gasteiger partial charge >= 0.3 is 5.69 Å². The number of hydrogen-bond acceptors (Lipinski definition) is 4. The van der Waals surface area contributed by atoms with Crippen LogP contribution in [-0.4, -0.2) is 51.7 Å². The average Bonchev–Trinajstić information content (AvgIpc) is 3.30. The lowest BCUT2D eigenvalue weighted by atomic mass is 10.1. The van der Waals surface area contributed by atoms with E-state index in [1.54, 1.807) is 28.5 Å². The summed E-state index contributed by atoms with van der Waals surface area (Å²) in [6.45, 7) is 2.01. The van der Waals surface area contributed by atoms with Crippen LogP contribution in [0.1, 0.15) is 18.0 Å². The van der Waals surface area contributed by atoms with Gasteiger partial charge in [-0.15, -0.1) is 0 Å². The van der Waals surface area contributed by atoms with Crippen molar-refractivity contribution in [3.8, 4) is 0 Å². The molecule has 1 aromatic carbocycles. The summed E-state index contributed by atoms with van der Waals surface area (Å²) in [6.07, 6.45) is 2.66. The second-order valence-electron chi connectivity index (χ2n) is 7.19. The van der Waals surface area contributed by atoms with Crippen LogP contribution in [0.2, 0.25) is 5.02 Å². The van der Waals surface area contributed by atoms with E-state index in [2.05, 4.69) is 4.98 Å². The highest BCUT2D eigenvalue weighted by Gasteiger charge is 2.31. The van der Waals surface area contributed by atoms with E-state index in [-0.39, 0.29) is 24.1 Å². The Balaban J connectivity index is 1.57. The molecule has 0 unspecified atom stereocenters. The van der Waals surface area contributed by atoms with E-state index < -0.39 is 0 Å².